The quantitative estimate of drug-likeness (QED) is 0.601. The molecule has 0 spiro atoms. The second kappa shape index (κ2) is 6.72. The van der Waals surface area contributed by atoms with Crippen molar-refractivity contribution < 1.29 is 0 Å². The van der Waals surface area contributed by atoms with Crippen LogP contribution in [0, 0.1) is 0 Å². The summed E-state index contributed by atoms with van der Waals surface area (Å²) < 4.78 is 0. The molecule has 0 aliphatic carbocycles. The Morgan fingerprint density at radius 2 is 1.65 bits per heavy atom. The highest BCUT2D eigenvalue weighted by Gasteiger charge is 2.00. The zero-order valence-corrected chi connectivity index (χ0v) is 12.1. The first kappa shape index (κ1) is 14.1. The van der Waals surface area contributed by atoms with Crippen LogP contribution in [0.1, 0.15) is 19.4 Å². The molecule has 0 radical (unpaired) electrons. The Morgan fingerprint density at radius 1 is 0.950 bits per heavy atom. The standard InChI is InChI=1S/C20H20/c1-4-9-16(2)14-17(3)19-12-8-13-20(15-19)18-10-6-5-7-11-18/h4-15H,3H2,1-2H3/b9-4-,16-14-. The molecule has 0 saturated carbocycles. The topological polar surface area (TPSA) is 0 Å². The molecule has 0 unspecified atom stereocenters. The molecule has 0 aliphatic rings. The van der Waals surface area contributed by atoms with E-state index >= 15 is 0 Å². The van der Waals surface area contributed by atoms with Crippen molar-refractivity contribution in [3.63, 3.8) is 0 Å². The predicted octanol–water partition coefficient (Wildman–Crippen LogP) is 5.89. The van der Waals surface area contributed by atoms with Gasteiger partial charge < -0.3 is 0 Å². The zero-order valence-electron chi connectivity index (χ0n) is 12.1. The lowest BCUT2D eigenvalue weighted by Crippen LogP contribution is -1.83. The van der Waals surface area contributed by atoms with Gasteiger partial charge in [0.2, 0.25) is 0 Å². The third-order valence-corrected chi connectivity index (χ3v) is 3.17. The van der Waals surface area contributed by atoms with Gasteiger partial charge in [-0.15, -0.1) is 0 Å². The molecule has 20 heavy (non-hydrogen) atoms. The molecule has 0 nitrogen and oxygen atoms in total. The van der Waals surface area contributed by atoms with Gasteiger partial charge in [0, 0.05) is 0 Å². The normalized spacial score (nSPS) is 11.8. The van der Waals surface area contributed by atoms with E-state index in [1.54, 1.807) is 0 Å². The lowest BCUT2D eigenvalue weighted by Gasteiger charge is -2.06. The highest BCUT2D eigenvalue weighted by molar-refractivity contribution is 5.77. The largest absolute Gasteiger partial charge is 0.0911 e. The molecular formula is C20H20. The molecule has 2 aromatic carbocycles. The molecule has 0 amide bonds. The monoisotopic (exact) mass is 260 g/mol. The highest BCUT2D eigenvalue weighted by Crippen LogP contribution is 2.24. The summed E-state index contributed by atoms with van der Waals surface area (Å²) >= 11 is 0. The highest BCUT2D eigenvalue weighted by atomic mass is 14.0. The van der Waals surface area contributed by atoms with Crippen LogP contribution in [0.2, 0.25) is 0 Å². The van der Waals surface area contributed by atoms with Crippen LogP contribution in [0.3, 0.4) is 0 Å². The fourth-order valence-electron chi connectivity index (χ4n) is 2.20. The van der Waals surface area contributed by atoms with Crippen LogP contribution in [0.15, 0.2) is 85.0 Å². The van der Waals surface area contributed by atoms with Crippen molar-refractivity contribution in [3.8, 4) is 11.1 Å². The summed E-state index contributed by atoms with van der Waals surface area (Å²) in [4.78, 5) is 0. The molecule has 2 rings (SSSR count). The van der Waals surface area contributed by atoms with E-state index in [1.165, 1.54) is 16.7 Å². The number of hydrogen-bond donors (Lipinski definition) is 0. The average molecular weight is 260 g/mol. The van der Waals surface area contributed by atoms with Gasteiger partial charge in [0.15, 0.2) is 0 Å². The van der Waals surface area contributed by atoms with Crippen molar-refractivity contribution in [2.24, 2.45) is 0 Å². The Kier molecular flexibility index (Phi) is 4.73. The molecule has 100 valence electrons. The molecule has 0 saturated heterocycles. The summed E-state index contributed by atoms with van der Waals surface area (Å²) in [5.41, 5.74) is 5.87. The molecule has 0 atom stereocenters. The lowest BCUT2D eigenvalue weighted by atomic mass is 9.99. The van der Waals surface area contributed by atoms with E-state index in [0.29, 0.717) is 0 Å². The van der Waals surface area contributed by atoms with E-state index in [0.717, 1.165) is 11.1 Å². The number of allylic oxidation sites excluding steroid dienone is 5. The van der Waals surface area contributed by atoms with Crippen LogP contribution in [-0.4, -0.2) is 0 Å². The van der Waals surface area contributed by atoms with E-state index in [9.17, 15) is 0 Å². The van der Waals surface area contributed by atoms with Gasteiger partial charge in [-0.05, 0) is 42.2 Å². The minimum absolute atomic E-state index is 1.04. The van der Waals surface area contributed by atoms with Crippen molar-refractivity contribution in [2.75, 3.05) is 0 Å². The fourth-order valence-corrected chi connectivity index (χ4v) is 2.20. The fraction of sp³-hybridized carbons (Fsp3) is 0.100. The van der Waals surface area contributed by atoms with E-state index in [1.807, 2.05) is 19.1 Å². The Bertz CT molecular complexity index is 643. The summed E-state index contributed by atoms with van der Waals surface area (Å²) in [6.45, 7) is 8.29. The first-order valence-corrected chi connectivity index (χ1v) is 6.86. The Labute approximate surface area is 121 Å². The van der Waals surface area contributed by atoms with Crippen molar-refractivity contribution in [2.45, 2.75) is 13.8 Å². The second-order valence-electron chi connectivity index (χ2n) is 4.86. The van der Waals surface area contributed by atoms with E-state index < -0.39 is 0 Å². The molecule has 2 aromatic rings. The summed E-state index contributed by atoms with van der Waals surface area (Å²) in [5.74, 6) is 0. The maximum Gasteiger partial charge on any atom is -0.0178 e. The first-order chi connectivity index (χ1) is 9.70. The van der Waals surface area contributed by atoms with Crippen LogP contribution in [0.5, 0.6) is 0 Å². The van der Waals surface area contributed by atoms with Crippen LogP contribution in [-0.2, 0) is 0 Å². The summed E-state index contributed by atoms with van der Waals surface area (Å²) in [6.07, 6.45) is 6.25. The van der Waals surface area contributed by atoms with Gasteiger partial charge in [-0.3, -0.25) is 0 Å². The van der Waals surface area contributed by atoms with Crippen molar-refractivity contribution in [3.05, 3.63) is 90.5 Å². The van der Waals surface area contributed by atoms with Crippen molar-refractivity contribution in [1.82, 2.24) is 0 Å². The van der Waals surface area contributed by atoms with Gasteiger partial charge in [0.25, 0.3) is 0 Å². The smallest absolute Gasteiger partial charge is 0.0178 e. The Hall–Kier alpha value is -2.34. The van der Waals surface area contributed by atoms with Crippen LogP contribution < -0.4 is 0 Å². The Morgan fingerprint density at radius 3 is 2.35 bits per heavy atom. The minimum Gasteiger partial charge on any atom is -0.0911 e. The average Bonchev–Trinajstić information content (AvgIpc) is 2.48. The van der Waals surface area contributed by atoms with Gasteiger partial charge in [-0.2, -0.15) is 0 Å². The van der Waals surface area contributed by atoms with E-state index in [4.69, 9.17) is 0 Å². The van der Waals surface area contributed by atoms with E-state index in [2.05, 4.69) is 74.2 Å². The first-order valence-electron chi connectivity index (χ1n) is 6.86. The van der Waals surface area contributed by atoms with Gasteiger partial charge in [0.1, 0.15) is 0 Å². The molecule has 0 aromatic heterocycles. The molecule has 0 N–H and O–H groups in total. The van der Waals surface area contributed by atoms with Crippen molar-refractivity contribution >= 4 is 5.57 Å². The number of hydrogen-bond acceptors (Lipinski definition) is 0. The van der Waals surface area contributed by atoms with Gasteiger partial charge >= 0.3 is 0 Å². The van der Waals surface area contributed by atoms with Gasteiger partial charge in [-0.25, -0.2) is 0 Å². The van der Waals surface area contributed by atoms with Gasteiger partial charge in [-0.1, -0.05) is 78.9 Å². The zero-order chi connectivity index (χ0) is 14.4. The molecular weight excluding hydrogens is 240 g/mol. The maximum absolute atomic E-state index is 4.17. The van der Waals surface area contributed by atoms with E-state index in [-0.39, 0.29) is 0 Å². The second-order valence-corrected chi connectivity index (χ2v) is 4.86. The summed E-state index contributed by atoms with van der Waals surface area (Å²) in [5, 5.41) is 0. The molecule has 0 heteroatoms. The third kappa shape index (κ3) is 3.58. The molecule has 0 aliphatic heterocycles. The van der Waals surface area contributed by atoms with Gasteiger partial charge in [0.05, 0.1) is 0 Å². The lowest BCUT2D eigenvalue weighted by molar-refractivity contribution is 1.50. The molecule has 0 bridgehead atoms. The maximum atomic E-state index is 4.17. The minimum atomic E-state index is 1.04. The van der Waals surface area contributed by atoms with Crippen LogP contribution in [0.4, 0.5) is 0 Å². The predicted molar refractivity (Wildman–Crippen MR) is 89.5 cm³/mol. The van der Waals surface area contributed by atoms with Crippen LogP contribution in [0.25, 0.3) is 16.7 Å². The van der Waals surface area contributed by atoms with Crippen LogP contribution >= 0.6 is 0 Å². The molecule has 0 fully saturated rings. The summed E-state index contributed by atoms with van der Waals surface area (Å²) in [6, 6.07) is 18.9. The van der Waals surface area contributed by atoms with Crippen molar-refractivity contribution in [1.29, 1.82) is 0 Å². The molecule has 0 heterocycles. The Balaban J connectivity index is 2.31. The number of rotatable bonds is 4. The SMILES string of the molecule is C=C(/C=C(C)\C=C/C)c1cccc(-c2ccccc2)c1. The third-order valence-electron chi connectivity index (χ3n) is 3.17. The summed E-state index contributed by atoms with van der Waals surface area (Å²) in [7, 11) is 0. The number of benzene rings is 2.